The van der Waals surface area contributed by atoms with Crippen molar-refractivity contribution in [3.05, 3.63) is 33.9 Å². The molecule has 1 saturated heterocycles. The number of nitrogens with one attached hydrogen (secondary N) is 1. The Labute approximate surface area is 118 Å². The summed E-state index contributed by atoms with van der Waals surface area (Å²) in [5.74, 6) is 0.464. The van der Waals surface area contributed by atoms with Crippen LogP contribution in [0.25, 0.3) is 0 Å². The maximum Gasteiger partial charge on any atom is 0.292 e. The number of nitro benzene ring substituents is 1. The van der Waals surface area contributed by atoms with Crippen LogP contribution < -0.4 is 5.32 Å². The molecule has 1 heterocycles. The molecule has 2 unspecified atom stereocenters. The second kappa shape index (κ2) is 6.19. The van der Waals surface area contributed by atoms with Gasteiger partial charge in [-0.3, -0.25) is 15.0 Å². The van der Waals surface area contributed by atoms with Crippen LogP contribution in [0.5, 0.6) is 0 Å². The molecule has 1 aromatic carbocycles. The van der Waals surface area contributed by atoms with Crippen molar-refractivity contribution in [1.82, 2.24) is 4.90 Å². The van der Waals surface area contributed by atoms with E-state index in [0.29, 0.717) is 18.2 Å². The van der Waals surface area contributed by atoms with E-state index in [4.69, 9.17) is 0 Å². The molecule has 1 aliphatic rings. The summed E-state index contributed by atoms with van der Waals surface area (Å²) >= 11 is 0. The predicted molar refractivity (Wildman–Crippen MR) is 77.7 cm³/mol. The minimum absolute atomic E-state index is 0.0952. The Hall–Kier alpha value is -1.66. The van der Waals surface area contributed by atoms with Gasteiger partial charge >= 0.3 is 0 Å². The molecule has 0 bridgehead atoms. The average molecular weight is 279 g/mol. The van der Waals surface area contributed by atoms with E-state index in [2.05, 4.69) is 17.1 Å². The fraction of sp³-hybridized carbons (Fsp3) is 0.571. The highest BCUT2D eigenvalue weighted by Crippen LogP contribution is 2.29. The summed E-state index contributed by atoms with van der Waals surface area (Å²) in [6.07, 6.45) is 1.06. The summed E-state index contributed by atoms with van der Waals surface area (Å²) in [4.78, 5) is 12.9. The molecule has 6 nitrogen and oxygen atoms in total. The molecule has 0 aromatic heterocycles. The van der Waals surface area contributed by atoms with E-state index in [-0.39, 0.29) is 23.3 Å². The van der Waals surface area contributed by atoms with E-state index in [9.17, 15) is 15.2 Å². The van der Waals surface area contributed by atoms with Crippen molar-refractivity contribution in [2.75, 3.05) is 25.5 Å². The van der Waals surface area contributed by atoms with E-state index >= 15 is 0 Å². The van der Waals surface area contributed by atoms with Crippen molar-refractivity contribution in [3.63, 3.8) is 0 Å². The highest BCUT2D eigenvalue weighted by molar-refractivity contribution is 5.62. The molecule has 1 fully saturated rings. The molecule has 0 radical (unpaired) electrons. The molecule has 0 spiro atoms. The third-order valence-electron chi connectivity index (χ3n) is 4.10. The van der Waals surface area contributed by atoms with Crippen LogP contribution in [-0.2, 0) is 6.54 Å². The molecule has 1 aromatic rings. The van der Waals surface area contributed by atoms with Crippen LogP contribution in [-0.4, -0.2) is 41.2 Å². The van der Waals surface area contributed by atoms with Crippen molar-refractivity contribution in [3.8, 4) is 0 Å². The van der Waals surface area contributed by atoms with Gasteiger partial charge in [-0.1, -0.05) is 13.0 Å². The van der Waals surface area contributed by atoms with Crippen molar-refractivity contribution >= 4 is 11.4 Å². The lowest BCUT2D eigenvalue weighted by atomic mass is 10.0. The monoisotopic (exact) mass is 279 g/mol. The molecule has 20 heavy (non-hydrogen) atoms. The molecule has 0 amide bonds. The lowest BCUT2D eigenvalue weighted by Crippen LogP contribution is -2.34. The van der Waals surface area contributed by atoms with Gasteiger partial charge in [0, 0.05) is 25.7 Å². The van der Waals surface area contributed by atoms with Gasteiger partial charge in [0.15, 0.2) is 0 Å². The minimum atomic E-state index is -0.370. The first-order chi connectivity index (χ1) is 9.56. The van der Waals surface area contributed by atoms with Gasteiger partial charge in [-0.15, -0.1) is 0 Å². The zero-order chi connectivity index (χ0) is 14.7. The van der Waals surface area contributed by atoms with Gasteiger partial charge in [0.1, 0.15) is 5.69 Å². The van der Waals surface area contributed by atoms with Crippen LogP contribution in [0.2, 0.25) is 0 Å². The van der Waals surface area contributed by atoms with Crippen LogP contribution in [0.3, 0.4) is 0 Å². The molecular weight excluding hydrogens is 258 g/mol. The number of anilines is 1. The maximum absolute atomic E-state index is 11.1. The standard InChI is InChI=1S/C14H21N3O3/c1-10-5-6-16(14(10)9-18)8-11-3-4-12(15-2)13(7-11)17(19)20/h3-4,7,10,14-15,18H,5-6,8-9H2,1-2H3. The average Bonchev–Trinajstić information content (AvgIpc) is 2.78. The van der Waals surface area contributed by atoms with Crippen LogP contribution in [0.15, 0.2) is 18.2 Å². The number of hydrogen-bond donors (Lipinski definition) is 2. The van der Waals surface area contributed by atoms with E-state index in [1.165, 1.54) is 0 Å². The molecule has 2 atom stereocenters. The fourth-order valence-corrected chi connectivity index (χ4v) is 2.85. The zero-order valence-electron chi connectivity index (χ0n) is 11.9. The fourth-order valence-electron chi connectivity index (χ4n) is 2.85. The van der Waals surface area contributed by atoms with Crippen molar-refractivity contribution < 1.29 is 10.0 Å². The predicted octanol–water partition coefficient (Wildman–Crippen LogP) is 1.84. The number of nitro groups is 1. The van der Waals surface area contributed by atoms with Gasteiger partial charge in [0.2, 0.25) is 0 Å². The second-order valence-corrected chi connectivity index (χ2v) is 5.34. The van der Waals surface area contributed by atoms with Crippen LogP contribution in [0.4, 0.5) is 11.4 Å². The highest BCUT2D eigenvalue weighted by atomic mass is 16.6. The largest absolute Gasteiger partial charge is 0.395 e. The normalized spacial score (nSPS) is 22.9. The van der Waals surface area contributed by atoms with Crippen LogP contribution >= 0.6 is 0 Å². The summed E-state index contributed by atoms with van der Waals surface area (Å²) in [6, 6.07) is 5.40. The SMILES string of the molecule is CNc1ccc(CN2CCC(C)C2CO)cc1[N+](=O)[O-]. The lowest BCUT2D eigenvalue weighted by Gasteiger charge is -2.25. The number of rotatable bonds is 5. The van der Waals surface area contributed by atoms with Gasteiger partial charge < -0.3 is 10.4 Å². The summed E-state index contributed by atoms with van der Waals surface area (Å²) in [7, 11) is 1.67. The summed E-state index contributed by atoms with van der Waals surface area (Å²) in [5.41, 5.74) is 1.52. The topological polar surface area (TPSA) is 78.6 Å². The van der Waals surface area contributed by atoms with E-state index in [0.717, 1.165) is 18.5 Å². The Bertz CT molecular complexity index is 493. The van der Waals surface area contributed by atoms with Gasteiger partial charge in [-0.25, -0.2) is 0 Å². The van der Waals surface area contributed by atoms with E-state index in [1.807, 2.05) is 6.07 Å². The molecule has 0 aliphatic carbocycles. The number of hydrogen-bond acceptors (Lipinski definition) is 5. The van der Waals surface area contributed by atoms with Gasteiger partial charge in [0.05, 0.1) is 11.5 Å². The van der Waals surface area contributed by atoms with Gasteiger partial charge in [-0.05, 0) is 30.5 Å². The van der Waals surface area contributed by atoms with Gasteiger partial charge in [-0.2, -0.15) is 0 Å². The van der Waals surface area contributed by atoms with Crippen molar-refractivity contribution in [1.29, 1.82) is 0 Å². The Morgan fingerprint density at radius 3 is 2.90 bits per heavy atom. The smallest absolute Gasteiger partial charge is 0.292 e. The molecule has 2 rings (SSSR count). The minimum Gasteiger partial charge on any atom is -0.395 e. The number of benzene rings is 1. The molecule has 1 aliphatic heterocycles. The molecular formula is C14H21N3O3. The van der Waals surface area contributed by atoms with E-state index in [1.54, 1.807) is 19.2 Å². The second-order valence-electron chi connectivity index (χ2n) is 5.34. The van der Waals surface area contributed by atoms with Crippen molar-refractivity contribution in [2.24, 2.45) is 5.92 Å². The first-order valence-corrected chi connectivity index (χ1v) is 6.86. The van der Waals surface area contributed by atoms with Crippen molar-refractivity contribution in [2.45, 2.75) is 25.9 Å². The number of nitrogens with zero attached hydrogens (tertiary/aromatic N) is 2. The molecule has 110 valence electrons. The maximum atomic E-state index is 11.1. The van der Waals surface area contributed by atoms with E-state index < -0.39 is 0 Å². The summed E-state index contributed by atoms with van der Waals surface area (Å²) in [6.45, 7) is 3.83. The Kier molecular flexibility index (Phi) is 4.57. The Morgan fingerprint density at radius 2 is 2.30 bits per heavy atom. The lowest BCUT2D eigenvalue weighted by molar-refractivity contribution is -0.384. The third kappa shape index (κ3) is 2.91. The van der Waals surface area contributed by atoms with Gasteiger partial charge in [0.25, 0.3) is 5.69 Å². The summed E-state index contributed by atoms with van der Waals surface area (Å²) < 4.78 is 0. The first-order valence-electron chi connectivity index (χ1n) is 6.86. The molecule has 0 saturated carbocycles. The van der Waals surface area contributed by atoms with Crippen LogP contribution in [0.1, 0.15) is 18.9 Å². The molecule has 2 N–H and O–H groups in total. The quantitative estimate of drug-likeness (QED) is 0.635. The summed E-state index contributed by atoms with van der Waals surface area (Å²) in [5, 5.41) is 23.3. The molecule has 6 heteroatoms. The van der Waals surface area contributed by atoms with Crippen LogP contribution in [0, 0.1) is 16.0 Å². The number of aliphatic hydroxyl groups excluding tert-OH is 1. The Morgan fingerprint density at radius 1 is 1.55 bits per heavy atom. The highest BCUT2D eigenvalue weighted by Gasteiger charge is 2.30. The number of likely N-dealkylation sites (tertiary alicyclic amines) is 1. The zero-order valence-corrected chi connectivity index (χ0v) is 11.9. The number of aliphatic hydroxyl groups is 1. The Balaban J connectivity index is 2.18. The third-order valence-corrected chi connectivity index (χ3v) is 4.10. The first kappa shape index (κ1) is 14.7.